The number of rotatable bonds is 2. The molecular formula is C12H15N3O2S. The molecule has 18 heavy (non-hydrogen) atoms. The van der Waals surface area contributed by atoms with Crippen LogP contribution in [0.15, 0.2) is 24.5 Å². The number of aromatic nitrogens is 2. The van der Waals surface area contributed by atoms with Crippen molar-refractivity contribution in [3.63, 3.8) is 0 Å². The van der Waals surface area contributed by atoms with Gasteiger partial charge in [0.15, 0.2) is 9.84 Å². The third-order valence-electron chi connectivity index (χ3n) is 3.43. The van der Waals surface area contributed by atoms with Crippen LogP contribution in [0.25, 0.3) is 5.65 Å². The van der Waals surface area contributed by atoms with E-state index in [1.54, 1.807) is 0 Å². The van der Waals surface area contributed by atoms with E-state index in [-0.39, 0.29) is 17.4 Å². The van der Waals surface area contributed by atoms with Crippen molar-refractivity contribution in [2.45, 2.75) is 18.9 Å². The van der Waals surface area contributed by atoms with Gasteiger partial charge in [0.1, 0.15) is 5.65 Å². The molecule has 1 fully saturated rings. The van der Waals surface area contributed by atoms with Crippen LogP contribution in [0.4, 0.5) is 0 Å². The molecule has 2 N–H and O–H groups in total. The average molecular weight is 265 g/mol. The van der Waals surface area contributed by atoms with Crippen LogP contribution in [-0.4, -0.2) is 29.3 Å². The Morgan fingerprint density at radius 2 is 2.33 bits per heavy atom. The van der Waals surface area contributed by atoms with Gasteiger partial charge in [-0.15, -0.1) is 0 Å². The minimum Gasteiger partial charge on any atom is -0.326 e. The van der Waals surface area contributed by atoms with Gasteiger partial charge in [0.05, 0.1) is 17.2 Å². The summed E-state index contributed by atoms with van der Waals surface area (Å²) >= 11 is 0. The standard InChI is InChI=1S/C12H15N3O2S/c13-6-9-1-3-15-7-11(14-12(15)5-9)10-2-4-18(16,17)8-10/h1,3,5,7,10H,2,4,6,8,13H2. The maximum absolute atomic E-state index is 11.5. The van der Waals surface area contributed by atoms with Crippen molar-refractivity contribution in [1.29, 1.82) is 0 Å². The molecule has 3 heterocycles. The Morgan fingerprint density at radius 1 is 1.50 bits per heavy atom. The molecule has 0 amide bonds. The van der Waals surface area contributed by atoms with Crippen molar-refractivity contribution in [3.05, 3.63) is 35.8 Å². The second-order valence-corrected chi connectivity index (χ2v) is 7.00. The highest BCUT2D eigenvalue weighted by Gasteiger charge is 2.30. The van der Waals surface area contributed by atoms with Gasteiger partial charge in [-0.25, -0.2) is 13.4 Å². The molecule has 0 saturated carbocycles. The fourth-order valence-corrected chi connectivity index (χ4v) is 4.16. The lowest BCUT2D eigenvalue weighted by Gasteiger charge is -2.00. The summed E-state index contributed by atoms with van der Waals surface area (Å²) in [6.07, 6.45) is 4.51. The Hall–Kier alpha value is -1.40. The Balaban J connectivity index is 1.99. The summed E-state index contributed by atoms with van der Waals surface area (Å²) in [5.41, 5.74) is 8.31. The molecule has 0 bridgehead atoms. The largest absolute Gasteiger partial charge is 0.326 e. The van der Waals surface area contributed by atoms with E-state index in [9.17, 15) is 8.42 Å². The summed E-state index contributed by atoms with van der Waals surface area (Å²) in [7, 11) is -2.86. The Morgan fingerprint density at radius 3 is 3.00 bits per heavy atom. The molecular weight excluding hydrogens is 250 g/mol. The van der Waals surface area contributed by atoms with Crippen molar-refractivity contribution in [1.82, 2.24) is 9.38 Å². The van der Waals surface area contributed by atoms with Gasteiger partial charge in [-0.2, -0.15) is 0 Å². The zero-order chi connectivity index (χ0) is 12.8. The van der Waals surface area contributed by atoms with Crippen molar-refractivity contribution in [2.75, 3.05) is 11.5 Å². The maximum Gasteiger partial charge on any atom is 0.151 e. The van der Waals surface area contributed by atoms with Gasteiger partial charge in [-0.3, -0.25) is 0 Å². The zero-order valence-corrected chi connectivity index (χ0v) is 10.7. The summed E-state index contributed by atoms with van der Waals surface area (Å²) in [5, 5.41) is 0. The molecule has 1 aliphatic rings. The second kappa shape index (κ2) is 4.07. The van der Waals surface area contributed by atoms with Gasteiger partial charge in [0.2, 0.25) is 0 Å². The number of hydrogen-bond donors (Lipinski definition) is 1. The third kappa shape index (κ3) is 2.02. The smallest absolute Gasteiger partial charge is 0.151 e. The molecule has 1 atom stereocenters. The van der Waals surface area contributed by atoms with Gasteiger partial charge < -0.3 is 10.1 Å². The van der Waals surface area contributed by atoms with E-state index in [4.69, 9.17) is 5.73 Å². The van der Waals surface area contributed by atoms with Gasteiger partial charge in [0.25, 0.3) is 0 Å². The molecule has 5 nitrogen and oxygen atoms in total. The van der Waals surface area contributed by atoms with E-state index < -0.39 is 9.84 Å². The Bertz CT molecular complexity index is 690. The van der Waals surface area contributed by atoms with E-state index in [2.05, 4.69) is 4.98 Å². The minimum absolute atomic E-state index is 0.0382. The fraction of sp³-hybridized carbons (Fsp3) is 0.417. The number of pyridine rings is 1. The van der Waals surface area contributed by atoms with Crippen LogP contribution in [0.1, 0.15) is 23.6 Å². The van der Waals surface area contributed by atoms with Crippen LogP contribution in [0.5, 0.6) is 0 Å². The van der Waals surface area contributed by atoms with Crippen LogP contribution in [0, 0.1) is 0 Å². The molecule has 0 aliphatic carbocycles. The lowest BCUT2D eigenvalue weighted by Crippen LogP contribution is -2.03. The van der Waals surface area contributed by atoms with Crippen molar-refractivity contribution in [2.24, 2.45) is 5.73 Å². The molecule has 2 aromatic heterocycles. The first-order valence-corrected chi connectivity index (χ1v) is 7.77. The number of sulfone groups is 1. The Kier molecular flexibility index (Phi) is 2.64. The van der Waals surface area contributed by atoms with E-state index in [0.29, 0.717) is 13.0 Å². The highest BCUT2D eigenvalue weighted by molar-refractivity contribution is 7.91. The first-order chi connectivity index (χ1) is 8.57. The summed E-state index contributed by atoms with van der Waals surface area (Å²) in [4.78, 5) is 4.51. The minimum atomic E-state index is -2.86. The molecule has 0 radical (unpaired) electrons. The molecule has 1 unspecified atom stereocenters. The number of nitrogens with zero attached hydrogens (tertiary/aromatic N) is 2. The predicted molar refractivity (Wildman–Crippen MR) is 69.1 cm³/mol. The normalized spacial score (nSPS) is 22.6. The summed E-state index contributed by atoms with van der Waals surface area (Å²) in [5.74, 6) is 0.538. The summed E-state index contributed by atoms with van der Waals surface area (Å²) in [6.45, 7) is 0.483. The lowest BCUT2D eigenvalue weighted by atomic mass is 10.1. The van der Waals surface area contributed by atoms with Gasteiger partial charge >= 0.3 is 0 Å². The van der Waals surface area contributed by atoms with E-state index in [0.717, 1.165) is 16.9 Å². The zero-order valence-electron chi connectivity index (χ0n) is 9.91. The van der Waals surface area contributed by atoms with Crippen molar-refractivity contribution in [3.8, 4) is 0 Å². The van der Waals surface area contributed by atoms with Crippen LogP contribution < -0.4 is 5.73 Å². The first kappa shape index (κ1) is 11.7. The van der Waals surface area contributed by atoms with E-state index in [1.807, 2.05) is 28.9 Å². The molecule has 6 heteroatoms. The highest BCUT2D eigenvalue weighted by atomic mass is 32.2. The van der Waals surface area contributed by atoms with Crippen molar-refractivity contribution >= 4 is 15.5 Å². The molecule has 1 aliphatic heterocycles. The van der Waals surface area contributed by atoms with Gasteiger partial charge in [-0.1, -0.05) is 0 Å². The average Bonchev–Trinajstić information content (AvgIpc) is 2.90. The van der Waals surface area contributed by atoms with Crippen LogP contribution >= 0.6 is 0 Å². The molecule has 1 saturated heterocycles. The quantitative estimate of drug-likeness (QED) is 0.867. The van der Waals surface area contributed by atoms with E-state index >= 15 is 0 Å². The molecule has 96 valence electrons. The number of hydrogen-bond acceptors (Lipinski definition) is 4. The monoisotopic (exact) mass is 265 g/mol. The van der Waals surface area contributed by atoms with Crippen LogP contribution in [0.3, 0.4) is 0 Å². The molecule has 3 rings (SSSR count). The van der Waals surface area contributed by atoms with E-state index in [1.165, 1.54) is 0 Å². The molecule has 2 aromatic rings. The number of fused-ring (bicyclic) bond motifs is 1. The van der Waals surface area contributed by atoms with Gasteiger partial charge in [0, 0.05) is 24.9 Å². The maximum atomic E-state index is 11.5. The first-order valence-electron chi connectivity index (χ1n) is 5.95. The predicted octanol–water partition coefficient (Wildman–Crippen LogP) is 0.695. The Labute approximate surface area is 106 Å². The van der Waals surface area contributed by atoms with Gasteiger partial charge in [-0.05, 0) is 24.1 Å². The second-order valence-electron chi connectivity index (χ2n) is 4.77. The van der Waals surface area contributed by atoms with Crippen LogP contribution in [-0.2, 0) is 16.4 Å². The van der Waals surface area contributed by atoms with Crippen molar-refractivity contribution < 1.29 is 8.42 Å². The molecule has 0 aromatic carbocycles. The third-order valence-corrected chi connectivity index (χ3v) is 5.20. The fourth-order valence-electron chi connectivity index (χ4n) is 2.40. The molecule has 0 spiro atoms. The summed E-state index contributed by atoms with van der Waals surface area (Å²) in [6, 6.07) is 3.89. The summed E-state index contributed by atoms with van der Waals surface area (Å²) < 4.78 is 24.9. The topological polar surface area (TPSA) is 77.5 Å². The lowest BCUT2D eigenvalue weighted by molar-refractivity contribution is 0.601. The number of imidazole rings is 1. The number of nitrogens with two attached hydrogens (primary N) is 1. The highest BCUT2D eigenvalue weighted by Crippen LogP contribution is 2.28. The van der Waals surface area contributed by atoms with Crippen LogP contribution in [0.2, 0.25) is 0 Å². The SMILES string of the molecule is NCc1ccn2cc(C3CCS(=O)(=O)C3)nc2c1.